The Morgan fingerprint density at radius 1 is 1.33 bits per heavy atom. The largest absolute Gasteiger partial charge is 0.497 e. The van der Waals surface area contributed by atoms with Gasteiger partial charge in [0.05, 0.1) is 25.2 Å². The van der Waals surface area contributed by atoms with Gasteiger partial charge < -0.3 is 9.47 Å². The number of methoxy groups -OCH3 is 1. The SMILES string of the molecule is CCOC(=O)CSc1nc2nccc(-c3cccc(OC)c3)n2n1. The highest BCUT2D eigenvalue weighted by molar-refractivity contribution is 7.99. The van der Waals surface area contributed by atoms with E-state index in [1.807, 2.05) is 30.3 Å². The van der Waals surface area contributed by atoms with E-state index in [4.69, 9.17) is 9.47 Å². The summed E-state index contributed by atoms with van der Waals surface area (Å²) in [4.78, 5) is 20.0. The van der Waals surface area contributed by atoms with E-state index >= 15 is 0 Å². The van der Waals surface area contributed by atoms with Crippen molar-refractivity contribution in [3.63, 3.8) is 0 Å². The minimum atomic E-state index is -0.290. The van der Waals surface area contributed by atoms with Crippen molar-refractivity contribution in [3.05, 3.63) is 36.5 Å². The van der Waals surface area contributed by atoms with Crippen molar-refractivity contribution in [1.82, 2.24) is 19.6 Å². The highest BCUT2D eigenvalue weighted by atomic mass is 32.2. The van der Waals surface area contributed by atoms with Gasteiger partial charge in [0.15, 0.2) is 0 Å². The normalized spacial score (nSPS) is 10.8. The number of carbonyl (C=O) groups is 1. The first kappa shape index (κ1) is 16.3. The van der Waals surface area contributed by atoms with Gasteiger partial charge in [-0.15, -0.1) is 5.10 Å². The zero-order chi connectivity index (χ0) is 16.9. The zero-order valence-electron chi connectivity index (χ0n) is 13.3. The molecule has 0 bridgehead atoms. The van der Waals surface area contributed by atoms with E-state index in [1.54, 1.807) is 24.7 Å². The van der Waals surface area contributed by atoms with E-state index in [1.165, 1.54) is 11.8 Å². The molecule has 0 aliphatic carbocycles. The van der Waals surface area contributed by atoms with Crippen molar-refractivity contribution in [2.75, 3.05) is 19.5 Å². The minimum Gasteiger partial charge on any atom is -0.497 e. The highest BCUT2D eigenvalue weighted by Gasteiger charge is 2.12. The molecule has 124 valence electrons. The second kappa shape index (κ2) is 7.31. The van der Waals surface area contributed by atoms with Gasteiger partial charge in [0, 0.05) is 11.8 Å². The lowest BCUT2D eigenvalue weighted by atomic mass is 10.1. The average molecular weight is 344 g/mol. The number of thioether (sulfide) groups is 1. The molecule has 2 heterocycles. The third-order valence-corrected chi connectivity index (χ3v) is 4.02. The van der Waals surface area contributed by atoms with Gasteiger partial charge in [0.2, 0.25) is 5.16 Å². The van der Waals surface area contributed by atoms with Crippen LogP contribution in [0, 0.1) is 0 Å². The average Bonchev–Trinajstić information content (AvgIpc) is 3.03. The summed E-state index contributed by atoms with van der Waals surface area (Å²) in [6, 6.07) is 9.53. The summed E-state index contributed by atoms with van der Waals surface area (Å²) in [7, 11) is 1.63. The van der Waals surface area contributed by atoms with Crippen molar-refractivity contribution in [1.29, 1.82) is 0 Å². The molecule has 2 aromatic heterocycles. The first-order valence-corrected chi connectivity index (χ1v) is 8.34. The molecule has 0 saturated heterocycles. The summed E-state index contributed by atoms with van der Waals surface area (Å²) in [5.74, 6) is 1.11. The fourth-order valence-corrected chi connectivity index (χ4v) is 2.78. The maximum atomic E-state index is 11.5. The molecule has 0 unspecified atom stereocenters. The molecule has 0 N–H and O–H groups in total. The van der Waals surface area contributed by atoms with Crippen LogP contribution in [-0.2, 0) is 9.53 Å². The highest BCUT2D eigenvalue weighted by Crippen LogP contribution is 2.24. The predicted octanol–water partition coefficient (Wildman–Crippen LogP) is 2.46. The third kappa shape index (κ3) is 3.48. The summed E-state index contributed by atoms with van der Waals surface area (Å²) in [5.41, 5.74) is 1.78. The van der Waals surface area contributed by atoms with Crippen molar-refractivity contribution >= 4 is 23.5 Å². The topological polar surface area (TPSA) is 78.6 Å². The number of fused-ring (bicyclic) bond motifs is 1. The van der Waals surface area contributed by atoms with Crippen LogP contribution in [0.4, 0.5) is 0 Å². The van der Waals surface area contributed by atoms with Crippen LogP contribution < -0.4 is 4.74 Å². The maximum Gasteiger partial charge on any atom is 0.316 e. The summed E-state index contributed by atoms with van der Waals surface area (Å²) < 4.78 is 11.8. The Bertz CT molecular complexity index is 865. The van der Waals surface area contributed by atoms with Gasteiger partial charge in [-0.3, -0.25) is 4.79 Å². The first-order valence-electron chi connectivity index (χ1n) is 7.36. The maximum absolute atomic E-state index is 11.5. The molecule has 0 aliphatic rings. The number of nitrogens with zero attached hydrogens (tertiary/aromatic N) is 4. The van der Waals surface area contributed by atoms with Gasteiger partial charge >= 0.3 is 5.97 Å². The van der Waals surface area contributed by atoms with E-state index < -0.39 is 0 Å². The van der Waals surface area contributed by atoms with Crippen molar-refractivity contribution in [3.8, 4) is 17.0 Å². The van der Waals surface area contributed by atoms with Gasteiger partial charge in [0.1, 0.15) is 5.75 Å². The number of rotatable bonds is 6. The smallest absolute Gasteiger partial charge is 0.316 e. The summed E-state index contributed by atoms with van der Waals surface area (Å²) in [6.45, 7) is 2.13. The Balaban J connectivity index is 1.91. The minimum absolute atomic E-state index is 0.166. The van der Waals surface area contributed by atoms with Crippen molar-refractivity contribution in [2.45, 2.75) is 12.1 Å². The van der Waals surface area contributed by atoms with E-state index in [0.29, 0.717) is 17.5 Å². The van der Waals surface area contributed by atoms with Crippen LogP contribution in [0.2, 0.25) is 0 Å². The van der Waals surface area contributed by atoms with Crippen LogP contribution in [-0.4, -0.2) is 45.0 Å². The van der Waals surface area contributed by atoms with E-state index in [2.05, 4.69) is 15.1 Å². The van der Waals surface area contributed by atoms with Crippen LogP contribution in [0.5, 0.6) is 5.75 Å². The summed E-state index contributed by atoms with van der Waals surface area (Å²) in [6.07, 6.45) is 1.68. The molecule has 24 heavy (non-hydrogen) atoms. The van der Waals surface area contributed by atoms with Gasteiger partial charge in [-0.25, -0.2) is 4.98 Å². The van der Waals surface area contributed by atoms with E-state index in [9.17, 15) is 4.79 Å². The molecule has 8 heteroatoms. The van der Waals surface area contributed by atoms with Crippen molar-refractivity contribution < 1.29 is 14.3 Å². The molecule has 3 aromatic rings. The molecular formula is C16H16N4O3S. The molecule has 0 saturated carbocycles. The molecule has 1 aromatic carbocycles. The third-order valence-electron chi connectivity index (χ3n) is 3.21. The second-order valence-electron chi connectivity index (χ2n) is 4.76. The van der Waals surface area contributed by atoms with E-state index in [0.717, 1.165) is 17.0 Å². The molecule has 0 spiro atoms. The number of ether oxygens (including phenoxy) is 2. The fraction of sp³-hybridized carbons (Fsp3) is 0.250. The lowest BCUT2D eigenvalue weighted by molar-refractivity contribution is -0.139. The predicted molar refractivity (Wildman–Crippen MR) is 90.1 cm³/mol. The Morgan fingerprint density at radius 2 is 2.21 bits per heavy atom. The molecule has 3 rings (SSSR count). The lowest BCUT2D eigenvalue weighted by Crippen LogP contribution is -2.06. The number of esters is 1. The van der Waals surface area contributed by atoms with Crippen LogP contribution in [0.25, 0.3) is 17.0 Å². The molecule has 0 amide bonds. The van der Waals surface area contributed by atoms with Crippen LogP contribution >= 0.6 is 11.8 Å². The number of hydrogen-bond donors (Lipinski definition) is 0. The number of aromatic nitrogens is 4. The Morgan fingerprint density at radius 3 is 3.00 bits per heavy atom. The molecule has 0 fully saturated rings. The van der Waals surface area contributed by atoms with Gasteiger partial charge in [-0.1, -0.05) is 23.9 Å². The zero-order valence-corrected chi connectivity index (χ0v) is 14.1. The lowest BCUT2D eigenvalue weighted by Gasteiger charge is -2.05. The fourth-order valence-electron chi connectivity index (χ4n) is 2.16. The number of benzene rings is 1. The monoisotopic (exact) mass is 344 g/mol. The van der Waals surface area contributed by atoms with Crippen molar-refractivity contribution in [2.24, 2.45) is 0 Å². The molecule has 7 nitrogen and oxygen atoms in total. The molecular weight excluding hydrogens is 328 g/mol. The number of hydrogen-bond acceptors (Lipinski definition) is 7. The Labute approximate surface area is 143 Å². The molecule has 0 radical (unpaired) electrons. The van der Waals surface area contributed by atoms with Gasteiger partial charge in [-0.05, 0) is 25.1 Å². The number of carbonyl (C=O) groups excluding carboxylic acids is 1. The van der Waals surface area contributed by atoms with Gasteiger partial charge in [-0.2, -0.15) is 9.50 Å². The Kier molecular flexibility index (Phi) is 4.95. The van der Waals surface area contributed by atoms with Crippen LogP contribution in [0.15, 0.2) is 41.7 Å². The van der Waals surface area contributed by atoms with Gasteiger partial charge in [0.25, 0.3) is 5.78 Å². The van der Waals surface area contributed by atoms with Crippen LogP contribution in [0.3, 0.4) is 0 Å². The first-order chi connectivity index (χ1) is 11.7. The Hall–Kier alpha value is -2.61. The van der Waals surface area contributed by atoms with E-state index in [-0.39, 0.29) is 11.7 Å². The molecule has 0 aliphatic heterocycles. The quantitative estimate of drug-likeness (QED) is 0.502. The second-order valence-corrected chi connectivity index (χ2v) is 5.70. The van der Waals surface area contributed by atoms with Crippen LogP contribution in [0.1, 0.15) is 6.92 Å². The standard InChI is InChI=1S/C16H16N4O3S/c1-3-23-14(21)10-24-16-18-15-17-8-7-13(20(15)19-16)11-5-4-6-12(9-11)22-2/h4-9H,3,10H2,1-2H3. The summed E-state index contributed by atoms with van der Waals surface area (Å²) in [5, 5.41) is 4.91. The summed E-state index contributed by atoms with van der Waals surface area (Å²) >= 11 is 1.22. The molecule has 0 atom stereocenters.